The predicted molar refractivity (Wildman–Crippen MR) is 57.1 cm³/mol. The van der Waals surface area contributed by atoms with Gasteiger partial charge < -0.3 is 10.4 Å². The van der Waals surface area contributed by atoms with E-state index < -0.39 is 6.10 Å². The molecule has 2 rings (SSSR count). The molecule has 2 atom stereocenters. The number of nitrogens with one attached hydrogen (secondary N) is 1. The topological polar surface area (TPSA) is 32.3 Å². The Bertz CT molecular complexity index is 393. The molecule has 88 valence electrons. The van der Waals surface area contributed by atoms with Gasteiger partial charge in [-0.1, -0.05) is 0 Å². The van der Waals surface area contributed by atoms with Gasteiger partial charge in [-0.25, -0.2) is 8.78 Å². The fraction of sp³-hybridized carbons (Fsp3) is 0.500. The lowest BCUT2D eigenvalue weighted by atomic mass is 10.1. The second-order valence-electron chi connectivity index (χ2n) is 4.27. The summed E-state index contributed by atoms with van der Waals surface area (Å²) in [5.74, 6) is -0.699. The first-order valence-corrected chi connectivity index (χ1v) is 5.48. The summed E-state index contributed by atoms with van der Waals surface area (Å²) in [5.41, 5.74) is 0.906. The van der Waals surface area contributed by atoms with Gasteiger partial charge >= 0.3 is 0 Å². The van der Waals surface area contributed by atoms with Crippen LogP contribution in [0.5, 0.6) is 0 Å². The van der Waals surface area contributed by atoms with Crippen molar-refractivity contribution in [1.82, 2.24) is 5.32 Å². The Balaban J connectivity index is 2.22. The molecule has 1 aliphatic rings. The van der Waals surface area contributed by atoms with Crippen molar-refractivity contribution >= 4 is 0 Å². The zero-order chi connectivity index (χ0) is 11.7. The molecule has 0 aliphatic heterocycles. The van der Waals surface area contributed by atoms with Crippen LogP contribution in [0.3, 0.4) is 0 Å². The highest BCUT2D eigenvalue weighted by Crippen LogP contribution is 2.34. The predicted octanol–water partition coefficient (Wildman–Crippen LogP) is 1.92. The number of aliphatic hydroxyl groups is 1. The zero-order valence-electron chi connectivity index (χ0n) is 9.13. The monoisotopic (exact) mass is 227 g/mol. The molecule has 0 saturated heterocycles. The molecule has 0 aromatic heterocycles. The zero-order valence-corrected chi connectivity index (χ0v) is 9.13. The minimum absolute atomic E-state index is 0.180. The van der Waals surface area contributed by atoms with Crippen LogP contribution >= 0.6 is 0 Å². The molecule has 0 saturated carbocycles. The van der Waals surface area contributed by atoms with E-state index in [4.69, 9.17) is 5.11 Å². The first-order chi connectivity index (χ1) is 7.59. The lowest BCUT2D eigenvalue weighted by Crippen LogP contribution is -2.28. The normalized spacial score (nSPS) is 20.9. The molecule has 0 amide bonds. The van der Waals surface area contributed by atoms with Crippen LogP contribution in [0.4, 0.5) is 8.78 Å². The van der Waals surface area contributed by atoms with E-state index in [1.807, 2.05) is 0 Å². The van der Waals surface area contributed by atoms with Crippen LogP contribution in [-0.4, -0.2) is 17.8 Å². The van der Waals surface area contributed by atoms with Gasteiger partial charge in [0.15, 0.2) is 0 Å². The van der Waals surface area contributed by atoms with Crippen LogP contribution in [0, 0.1) is 11.6 Å². The van der Waals surface area contributed by atoms with Gasteiger partial charge in [-0.2, -0.15) is 0 Å². The van der Waals surface area contributed by atoms with Crippen molar-refractivity contribution < 1.29 is 13.9 Å². The van der Waals surface area contributed by atoms with Crippen LogP contribution in [0.15, 0.2) is 12.1 Å². The molecule has 1 aromatic carbocycles. The van der Waals surface area contributed by atoms with Crippen molar-refractivity contribution in [1.29, 1.82) is 0 Å². The summed E-state index contributed by atoms with van der Waals surface area (Å²) in [4.78, 5) is 0. The Morgan fingerprint density at radius 2 is 2.12 bits per heavy atom. The van der Waals surface area contributed by atoms with E-state index in [0.717, 1.165) is 6.07 Å². The highest BCUT2D eigenvalue weighted by atomic mass is 19.1. The summed E-state index contributed by atoms with van der Waals surface area (Å²) in [6.07, 6.45) is 0.747. The smallest absolute Gasteiger partial charge is 0.128 e. The molecule has 0 heterocycles. The van der Waals surface area contributed by atoms with Gasteiger partial charge in [0.1, 0.15) is 11.6 Å². The van der Waals surface area contributed by atoms with Crippen molar-refractivity contribution in [2.75, 3.05) is 6.54 Å². The van der Waals surface area contributed by atoms with E-state index in [-0.39, 0.29) is 17.7 Å². The molecule has 2 nitrogen and oxygen atoms in total. The number of halogens is 2. The highest BCUT2D eigenvalue weighted by molar-refractivity contribution is 5.36. The van der Waals surface area contributed by atoms with Gasteiger partial charge in [-0.05, 0) is 37.5 Å². The van der Waals surface area contributed by atoms with Crippen molar-refractivity contribution in [3.8, 4) is 0 Å². The molecule has 1 aliphatic carbocycles. The van der Waals surface area contributed by atoms with Gasteiger partial charge in [0, 0.05) is 18.2 Å². The molecule has 16 heavy (non-hydrogen) atoms. The standard InChI is InChI=1S/C12H15F2NO/c1-7(16)6-15-11-5-2-8-9(13)3-4-10(14)12(8)11/h3-4,7,11,15-16H,2,5-6H2,1H3/t7-,11?/m0/s1. The van der Waals surface area contributed by atoms with Gasteiger partial charge in [-0.15, -0.1) is 0 Å². The number of benzene rings is 1. The molecule has 0 bridgehead atoms. The maximum atomic E-state index is 13.6. The minimum Gasteiger partial charge on any atom is -0.392 e. The van der Waals surface area contributed by atoms with E-state index >= 15 is 0 Å². The number of rotatable bonds is 3. The molecule has 4 heteroatoms. The second kappa shape index (κ2) is 4.47. The fourth-order valence-corrected chi connectivity index (χ4v) is 2.19. The Morgan fingerprint density at radius 1 is 1.44 bits per heavy atom. The van der Waals surface area contributed by atoms with Gasteiger partial charge in [0.25, 0.3) is 0 Å². The fourth-order valence-electron chi connectivity index (χ4n) is 2.19. The molecule has 2 N–H and O–H groups in total. The van der Waals surface area contributed by atoms with Crippen molar-refractivity contribution in [3.63, 3.8) is 0 Å². The summed E-state index contributed by atoms with van der Waals surface area (Å²) >= 11 is 0. The number of hydrogen-bond acceptors (Lipinski definition) is 2. The SMILES string of the molecule is C[C@H](O)CNC1CCc2c(F)ccc(F)c21. The van der Waals surface area contributed by atoms with Crippen LogP contribution in [0.1, 0.15) is 30.5 Å². The first-order valence-electron chi connectivity index (χ1n) is 5.48. The van der Waals surface area contributed by atoms with E-state index in [9.17, 15) is 8.78 Å². The summed E-state index contributed by atoms with van der Waals surface area (Å²) in [6, 6.07) is 2.15. The van der Waals surface area contributed by atoms with Crippen molar-refractivity contribution in [2.45, 2.75) is 31.9 Å². The summed E-state index contributed by atoms with van der Waals surface area (Å²) in [5, 5.41) is 12.2. The third-order valence-corrected chi connectivity index (χ3v) is 2.94. The number of fused-ring (bicyclic) bond motifs is 1. The van der Waals surface area contributed by atoms with Crippen molar-refractivity contribution in [3.05, 3.63) is 34.9 Å². The molecular formula is C12H15F2NO. The number of aliphatic hydroxyl groups excluding tert-OH is 1. The molecule has 0 spiro atoms. The third-order valence-electron chi connectivity index (χ3n) is 2.94. The Labute approximate surface area is 93.3 Å². The van der Waals surface area contributed by atoms with E-state index in [1.54, 1.807) is 6.92 Å². The van der Waals surface area contributed by atoms with Gasteiger partial charge in [0.05, 0.1) is 6.10 Å². The summed E-state index contributed by atoms with van der Waals surface area (Å²) in [6.45, 7) is 2.05. The van der Waals surface area contributed by atoms with Crippen LogP contribution in [-0.2, 0) is 6.42 Å². The molecule has 1 aromatic rings. The van der Waals surface area contributed by atoms with Gasteiger partial charge in [-0.3, -0.25) is 0 Å². The first kappa shape index (κ1) is 11.5. The van der Waals surface area contributed by atoms with Crippen LogP contribution < -0.4 is 5.32 Å². The maximum Gasteiger partial charge on any atom is 0.128 e. The average Bonchev–Trinajstić information content (AvgIpc) is 2.65. The minimum atomic E-state index is -0.485. The van der Waals surface area contributed by atoms with Gasteiger partial charge in [0.2, 0.25) is 0 Å². The van der Waals surface area contributed by atoms with E-state index in [0.29, 0.717) is 30.5 Å². The van der Waals surface area contributed by atoms with E-state index in [1.165, 1.54) is 6.07 Å². The Morgan fingerprint density at radius 3 is 2.81 bits per heavy atom. The largest absolute Gasteiger partial charge is 0.392 e. The maximum absolute atomic E-state index is 13.6. The average molecular weight is 227 g/mol. The summed E-state index contributed by atoms with van der Waals surface area (Å²) in [7, 11) is 0. The molecule has 0 fully saturated rings. The quantitative estimate of drug-likeness (QED) is 0.827. The van der Waals surface area contributed by atoms with E-state index in [2.05, 4.69) is 5.32 Å². The Hall–Kier alpha value is -1.00. The summed E-state index contributed by atoms with van der Waals surface area (Å²) < 4.78 is 27.0. The number of hydrogen-bond donors (Lipinski definition) is 2. The van der Waals surface area contributed by atoms with Crippen LogP contribution in [0.25, 0.3) is 0 Å². The highest BCUT2D eigenvalue weighted by Gasteiger charge is 2.28. The molecule has 1 unspecified atom stereocenters. The lowest BCUT2D eigenvalue weighted by molar-refractivity contribution is 0.186. The van der Waals surface area contributed by atoms with Crippen LogP contribution in [0.2, 0.25) is 0 Å². The molecular weight excluding hydrogens is 212 g/mol. The molecule has 0 radical (unpaired) electrons. The Kier molecular flexibility index (Phi) is 3.21. The second-order valence-corrected chi connectivity index (χ2v) is 4.27. The van der Waals surface area contributed by atoms with Crippen molar-refractivity contribution in [2.24, 2.45) is 0 Å². The lowest BCUT2D eigenvalue weighted by Gasteiger charge is -2.15. The third kappa shape index (κ3) is 2.08.